The van der Waals surface area contributed by atoms with Crippen LogP contribution in [0.15, 0.2) is 48.5 Å². The van der Waals surface area contributed by atoms with Crippen LogP contribution in [-0.2, 0) is 19.2 Å². The molecule has 0 unspecified atom stereocenters. The van der Waals surface area contributed by atoms with E-state index < -0.39 is 47.8 Å². The molecular formula is C38H54N8O8. The molecule has 16 nitrogen and oxygen atoms in total. The van der Waals surface area contributed by atoms with Gasteiger partial charge in [0.15, 0.2) is 0 Å². The van der Waals surface area contributed by atoms with Gasteiger partial charge in [0, 0.05) is 38.3 Å². The maximum absolute atomic E-state index is 14.2. The maximum Gasteiger partial charge on any atom is 0.255 e. The smallest absolute Gasteiger partial charge is 0.255 e. The highest BCUT2D eigenvalue weighted by molar-refractivity contribution is 5.97. The number of carbonyl (C=O) groups is 6. The van der Waals surface area contributed by atoms with Crippen LogP contribution in [0, 0.1) is 0 Å². The first-order valence-electron chi connectivity index (χ1n) is 18.5. The number of likely N-dealkylation sites (N-methyl/N-ethyl adjacent to an activating group) is 2. The molecule has 2 aliphatic heterocycles. The number of carbonyl (C=O) groups excluding carboxylic acids is 6. The summed E-state index contributed by atoms with van der Waals surface area (Å²) < 4.78 is 0. The standard InChI is InChI=1S/C38H54N8O8/c1-23(39-3)33(49)43-29(37(53)45-19-9-11-25(45)21-41-35(51)27-13-5-7-15-31(27)47)17-18-30(44-34(50)24(2)40-4)38(54)46-20-10-12-26(46)22-42-36(52)28-14-6-8-16-32(28)48/h5-8,13-16,23-26,29-30,39-40,47-48H,9-12,17-22H2,1-4H3,(H,41,51)(H,42,52)(H,43,49)(H,44,50)/t23-,24-,25-,26-,29-,30-/m0/s1. The van der Waals surface area contributed by atoms with E-state index in [2.05, 4.69) is 31.9 Å². The van der Waals surface area contributed by atoms with Crippen molar-refractivity contribution in [3.8, 4) is 11.5 Å². The molecule has 2 heterocycles. The van der Waals surface area contributed by atoms with Gasteiger partial charge in [-0.05, 0) is 90.7 Å². The minimum Gasteiger partial charge on any atom is -0.507 e. The van der Waals surface area contributed by atoms with Gasteiger partial charge in [0.05, 0.1) is 23.2 Å². The van der Waals surface area contributed by atoms with Crippen molar-refractivity contribution in [1.82, 2.24) is 41.7 Å². The van der Waals surface area contributed by atoms with Crippen molar-refractivity contribution in [1.29, 1.82) is 0 Å². The number of phenols is 2. The Morgan fingerprint density at radius 1 is 0.648 bits per heavy atom. The summed E-state index contributed by atoms with van der Waals surface area (Å²) >= 11 is 0. The average molecular weight is 751 g/mol. The van der Waals surface area contributed by atoms with Gasteiger partial charge >= 0.3 is 0 Å². The van der Waals surface area contributed by atoms with Gasteiger partial charge in [-0.15, -0.1) is 0 Å². The van der Waals surface area contributed by atoms with Gasteiger partial charge < -0.3 is 51.9 Å². The van der Waals surface area contributed by atoms with E-state index in [-0.39, 0.29) is 72.5 Å². The van der Waals surface area contributed by atoms with E-state index in [0.29, 0.717) is 38.8 Å². The molecule has 2 aromatic carbocycles. The van der Waals surface area contributed by atoms with Crippen LogP contribution in [0.5, 0.6) is 11.5 Å². The van der Waals surface area contributed by atoms with Crippen molar-refractivity contribution in [3.05, 3.63) is 59.7 Å². The molecule has 0 bridgehead atoms. The minimum absolute atomic E-state index is 0.0155. The molecule has 2 saturated heterocycles. The average Bonchev–Trinajstić information content (AvgIpc) is 3.86. The maximum atomic E-state index is 14.2. The van der Waals surface area contributed by atoms with Gasteiger partial charge in [-0.2, -0.15) is 0 Å². The summed E-state index contributed by atoms with van der Waals surface area (Å²) in [4.78, 5) is 83.6. The molecule has 0 radical (unpaired) electrons. The highest BCUT2D eigenvalue weighted by Crippen LogP contribution is 2.23. The number of phenolic OH excluding ortho intramolecular Hbond substituents is 2. The fraction of sp³-hybridized carbons (Fsp3) is 0.526. The Hall–Kier alpha value is -5.22. The summed E-state index contributed by atoms with van der Waals surface area (Å²) in [6.07, 6.45) is 2.59. The number of para-hydroxylation sites is 2. The van der Waals surface area contributed by atoms with Crippen LogP contribution in [0.4, 0.5) is 0 Å². The molecule has 4 rings (SSSR count). The summed E-state index contributed by atoms with van der Waals surface area (Å²) in [6, 6.07) is 8.23. The molecule has 54 heavy (non-hydrogen) atoms. The number of amides is 6. The summed E-state index contributed by atoms with van der Waals surface area (Å²) in [5.74, 6) is -2.87. The summed E-state index contributed by atoms with van der Waals surface area (Å²) in [5.41, 5.74) is 0.228. The lowest BCUT2D eigenvalue weighted by atomic mass is 10.0. The number of nitrogens with zero attached hydrogens (tertiary/aromatic N) is 2. The van der Waals surface area contributed by atoms with Crippen LogP contribution in [0.25, 0.3) is 0 Å². The van der Waals surface area contributed by atoms with E-state index >= 15 is 0 Å². The third-order valence-corrected chi connectivity index (χ3v) is 10.2. The molecule has 6 atom stereocenters. The fourth-order valence-corrected chi connectivity index (χ4v) is 6.72. The molecule has 2 aliphatic rings. The lowest BCUT2D eigenvalue weighted by Gasteiger charge is -2.32. The highest BCUT2D eigenvalue weighted by atomic mass is 16.3. The minimum atomic E-state index is -1.05. The predicted octanol–water partition coefficient (Wildman–Crippen LogP) is 0.205. The largest absolute Gasteiger partial charge is 0.507 e. The van der Waals surface area contributed by atoms with E-state index in [1.165, 1.54) is 24.3 Å². The molecule has 8 N–H and O–H groups in total. The first kappa shape index (κ1) is 41.5. The molecule has 0 aromatic heterocycles. The van der Waals surface area contributed by atoms with Gasteiger partial charge in [0.25, 0.3) is 11.8 Å². The molecule has 16 heteroatoms. The van der Waals surface area contributed by atoms with Crippen molar-refractivity contribution in [2.75, 3.05) is 40.3 Å². The van der Waals surface area contributed by atoms with E-state index in [4.69, 9.17) is 0 Å². The summed E-state index contributed by atoms with van der Waals surface area (Å²) in [5, 5.41) is 37.3. The molecule has 2 aromatic rings. The van der Waals surface area contributed by atoms with Crippen LogP contribution in [0.2, 0.25) is 0 Å². The summed E-state index contributed by atoms with van der Waals surface area (Å²) in [6.45, 7) is 4.35. The van der Waals surface area contributed by atoms with Gasteiger partial charge in [-0.1, -0.05) is 24.3 Å². The molecular weight excluding hydrogens is 696 g/mol. The van der Waals surface area contributed by atoms with Crippen molar-refractivity contribution < 1.29 is 39.0 Å². The van der Waals surface area contributed by atoms with E-state index in [0.717, 1.165) is 0 Å². The number of hydrogen-bond acceptors (Lipinski definition) is 10. The quantitative estimate of drug-likeness (QED) is 0.110. The normalized spacial score (nSPS) is 19.0. The molecule has 0 aliphatic carbocycles. The second-order valence-electron chi connectivity index (χ2n) is 13.8. The van der Waals surface area contributed by atoms with Gasteiger partial charge in [-0.3, -0.25) is 28.8 Å². The van der Waals surface area contributed by atoms with Crippen molar-refractivity contribution in [3.63, 3.8) is 0 Å². The molecule has 0 saturated carbocycles. The second kappa shape index (κ2) is 19.7. The van der Waals surface area contributed by atoms with Crippen LogP contribution >= 0.6 is 0 Å². The second-order valence-corrected chi connectivity index (χ2v) is 13.8. The van der Waals surface area contributed by atoms with E-state index in [1.54, 1.807) is 62.0 Å². The van der Waals surface area contributed by atoms with Crippen LogP contribution < -0.4 is 31.9 Å². The molecule has 2 fully saturated rings. The third kappa shape index (κ3) is 10.7. The van der Waals surface area contributed by atoms with Crippen LogP contribution in [-0.4, -0.2) is 132 Å². The first-order valence-corrected chi connectivity index (χ1v) is 18.5. The zero-order valence-electron chi connectivity index (χ0n) is 31.4. The van der Waals surface area contributed by atoms with Crippen LogP contribution in [0.1, 0.15) is 73.1 Å². The third-order valence-electron chi connectivity index (χ3n) is 10.2. The number of rotatable bonds is 17. The lowest BCUT2D eigenvalue weighted by Crippen LogP contribution is -2.57. The Bertz CT molecular complexity index is 1540. The Labute approximate surface area is 315 Å². The van der Waals surface area contributed by atoms with Gasteiger partial charge in [0.1, 0.15) is 23.6 Å². The monoisotopic (exact) mass is 750 g/mol. The Morgan fingerprint density at radius 2 is 1.02 bits per heavy atom. The Kier molecular flexibility index (Phi) is 15.2. The first-order chi connectivity index (χ1) is 25.9. The number of likely N-dealkylation sites (tertiary alicyclic amines) is 2. The molecule has 294 valence electrons. The molecule has 0 spiro atoms. The van der Waals surface area contributed by atoms with Crippen molar-refractivity contribution >= 4 is 35.4 Å². The highest BCUT2D eigenvalue weighted by Gasteiger charge is 2.38. The number of aromatic hydroxyl groups is 2. The Morgan fingerprint density at radius 3 is 1.37 bits per heavy atom. The Balaban J connectivity index is 1.50. The topological polar surface area (TPSA) is 222 Å². The van der Waals surface area contributed by atoms with Crippen molar-refractivity contribution in [2.45, 2.75) is 88.6 Å². The molecule has 6 amide bonds. The predicted molar refractivity (Wildman–Crippen MR) is 200 cm³/mol. The van der Waals surface area contributed by atoms with E-state index in [9.17, 15) is 39.0 Å². The summed E-state index contributed by atoms with van der Waals surface area (Å²) in [7, 11) is 3.24. The van der Waals surface area contributed by atoms with Gasteiger partial charge in [0.2, 0.25) is 23.6 Å². The lowest BCUT2D eigenvalue weighted by molar-refractivity contribution is -0.139. The number of nitrogens with one attached hydrogen (secondary N) is 6. The SMILES string of the molecule is CN[C@@H](C)C(=O)N[C@@H](CC[C@H](NC(=O)[C@H](C)NC)C(=O)N1CCC[C@H]1CNC(=O)c1ccccc1O)C(=O)N1CCC[C@H]1CNC(=O)c1ccccc1O. The number of hydrogen-bond donors (Lipinski definition) is 8. The van der Waals surface area contributed by atoms with E-state index in [1.807, 2.05) is 0 Å². The fourth-order valence-electron chi connectivity index (χ4n) is 6.72. The zero-order valence-corrected chi connectivity index (χ0v) is 31.4. The zero-order chi connectivity index (χ0) is 39.4. The van der Waals surface area contributed by atoms with Crippen LogP contribution in [0.3, 0.4) is 0 Å². The van der Waals surface area contributed by atoms with Crippen molar-refractivity contribution in [2.24, 2.45) is 0 Å². The van der Waals surface area contributed by atoms with Gasteiger partial charge in [-0.25, -0.2) is 0 Å². The number of benzene rings is 2.